The van der Waals surface area contributed by atoms with Gasteiger partial charge in [0.15, 0.2) is 5.16 Å². The number of carbonyl (C=O) groups is 2. The summed E-state index contributed by atoms with van der Waals surface area (Å²) in [6.45, 7) is 3.69. The zero-order chi connectivity index (χ0) is 26.0. The zero-order valence-electron chi connectivity index (χ0n) is 20.6. The Morgan fingerprint density at radius 2 is 2.06 bits per heavy atom. The van der Waals surface area contributed by atoms with Gasteiger partial charge in [0.25, 0.3) is 11.5 Å². The van der Waals surface area contributed by atoms with E-state index in [4.69, 9.17) is 0 Å². The number of thioether (sulfide) groups is 1. The number of aromatic amines is 1. The number of rotatable bonds is 8. The molecule has 0 unspecified atom stereocenters. The van der Waals surface area contributed by atoms with Gasteiger partial charge in [0, 0.05) is 31.0 Å². The van der Waals surface area contributed by atoms with Crippen molar-refractivity contribution in [3.8, 4) is 11.4 Å². The molecule has 0 saturated carbocycles. The van der Waals surface area contributed by atoms with Crippen molar-refractivity contribution in [2.45, 2.75) is 50.1 Å². The smallest absolute Gasteiger partial charge is 0.270 e. The number of nitrogens with one attached hydrogen (secondary N) is 3. The van der Waals surface area contributed by atoms with Crippen LogP contribution in [0.15, 0.2) is 34.3 Å². The number of hydrogen-bond donors (Lipinski definition) is 3. The fourth-order valence-electron chi connectivity index (χ4n) is 4.23. The van der Waals surface area contributed by atoms with Crippen molar-refractivity contribution < 1.29 is 14.0 Å². The minimum Gasteiger partial charge on any atom is -0.357 e. The fourth-order valence-corrected chi connectivity index (χ4v) is 5.10. The van der Waals surface area contributed by atoms with Crippen LogP contribution in [0.4, 0.5) is 4.39 Å². The van der Waals surface area contributed by atoms with Crippen molar-refractivity contribution in [3.63, 3.8) is 0 Å². The third-order valence-corrected chi connectivity index (χ3v) is 7.22. The predicted molar refractivity (Wildman–Crippen MR) is 135 cm³/mol. The van der Waals surface area contributed by atoms with E-state index in [-0.39, 0.29) is 23.1 Å². The van der Waals surface area contributed by atoms with E-state index in [2.05, 4.69) is 25.6 Å². The van der Waals surface area contributed by atoms with Crippen LogP contribution >= 0.6 is 11.8 Å². The van der Waals surface area contributed by atoms with Gasteiger partial charge in [0.2, 0.25) is 5.91 Å². The maximum absolute atomic E-state index is 15.0. The number of aryl methyl sites for hydroxylation is 1. The standard InChI is InChI=1S/C25H29FN6O3S/c1-13(2)20(24(35)27-3)30-23(34)19-11-28-21(32(19)4)14-8-9-15(17(26)10-14)12-36-25-29-18-7-5-6-16(18)22(33)31-25/h8-11,13,20H,5-7,12H2,1-4H3,(H,27,35)(H,30,34)(H,29,31,33)/t20-/m0/s1. The summed E-state index contributed by atoms with van der Waals surface area (Å²) in [6.07, 6.45) is 3.88. The number of amides is 2. The molecule has 1 atom stereocenters. The Balaban J connectivity index is 1.48. The van der Waals surface area contributed by atoms with Crippen LogP contribution in [0, 0.1) is 11.7 Å². The van der Waals surface area contributed by atoms with E-state index in [1.807, 2.05) is 13.8 Å². The average Bonchev–Trinajstić information content (AvgIpc) is 3.48. The molecule has 0 radical (unpaired) electrons. The van der Waals surface area contributed by atoms with Crippen LogP contribution in [0.1, 0.15) is 47.6 Å². The number of aromatic nitrogens is 4. The highest BCUT2D eigenvalue weighted by Crippen LogP contribution is 2.26. The molecule has 2 heterocycles. The average molecular weight is 513 g/mol. The first-order valence-electron chi connectivity index (χ1n) is 11.8. The molecule has 0 bridgehead atoms. The minimum absolute atomic E-state index is 0.106. The van der Waals surface area contributed by atoms with E-state index < -0.39 is 17.8 Å². The summed E-state index contributed by atoms with van der Waals surface area (Å²) in [4.78, 5) is 48.7. The van der Waals surface area contributed by atoms with Gasteiger partial charge in [-0.05, 0) is 36.8 Å². The summed E-state index contributed by atoms with van der Waals surface area (Å²) in [5, 5.41) is 5.78. The molecule has 2 aromatic heterocycles. The second kappa shape index (κ2) is 10.7. The third-order valence-electron chi connectivity index (χ3n) is 6.30. The topological polar surface area (TPSA) is 122 Å². The third kappa shape index (κ3) is 5.20. The van der Waals surface area contributed by atoms with Crippen LogP contribution in [-0.2, 0) is 30.4 Å². The van der Waals surface area contributed by atoms with Gasteiger partial charge in [-0.15, -0.1) is 0 Å². The van der Waals surface area contributed by atoms with E-state index in [1.165, 1.54) is 31.1 Å². The Labute approximate surface area is 212 Å². The molecular formula is C25H29FN6O3S. The highest BCUT2D eigenvalue weighted by molar-refractivity contribution is 7.98. The van der Waals surface area contributed by atoms with Crippen molar-refractivity contribution in [1.82, 2.24) is 30.2 Å². The molecule has 1 aliphatic rings. The summed E-state index contributed by atoms with van der Waals surface area (Å²) < 4.78 is 16.5. The maximum atomic E-state index is 15.0. The first-order valence-corrected chi connectivity index (χ1v) is 12.8. The van der Waals surface area contributed by atoms with Gasteiger partial charge in [-0.3, -0.25) is 14.4 Å². The maximum Gasteiger partial charge on any atom is 0.270 e. The normalized spacial score (nSPS) is 13.5. The molecule has 9 nitrogen and oxygen atoms in total. The summed E-state index contributed by atoms with van der Waals surface area (Å²) >= 11 is 1.28. The minimum atomic E-state index is -0.690. The van der Waals surface area contributed by atoms with Gasteiger partial charge in [0.05, 0.1) is 11.9 Å². The molecule has 11 heteroatoms. The van der Waals surface area contributed by atoms with E-state index >= 15 is 0 Å². The van der Waals surface area contributed by atoms with Crippen LogP contribution in [0.3, 0.4) is 0 Å². The van der Waals surface area contributed by atoms with Gasteiger partial charge in [-0.1, -0.05) is 37.7 Å². The number of imidazole rings is 1. The molecule has 3 aromatic rings. The van der Waals surface area contributed by atoms with E-state index in [1.54, 1.807) is 23.7 Å². The molecule has 1 aliphatic carbocycles. The molecule has 2 amide bonds. The number of halogens is 1. The van der Waals surface area contributed by atoms with Crippen molar-refractivity contribution in [1.29, 1.82) is 0 Å². The van der Waals surface area contributed by atoms with E-state index in [0.29, 0.717) is 27.9 Å². The van der Waals surface area contributed by atoms with Crippen molar-refractivity contribution in [2.24, 2.45) is 13.0 Å². The van der Waals surface area contributed by atoms with Gasteiger partial charge in [0.1, 0.15) is 23.4 Å². The zero-order valence-corrected chi connectivity index (χ0v) is 21.5. The van der Waals surface area contributed by atoms with Gasteiger partial charge >= 0.3 is 0 Å². The van der Waals surface area contributed by atoms with Crippen LogP contribution in [0.25, 0.3) is 11.4 Å². The van der Waals surface area contributed by atoms with Crippen LogP contribution in [0.5, 0.6) is 0 Å². The molecule has 3 N–H and O–H groups in total. The van der Waals surface area contributed by atoms with Crippen LogP contribution < -0.4 is 16.2 Å². The Morgan fingerprint density at radius 3 is 2.75 bits per heavy atom. The van der Waals surface area contributed by atoms with Crippen LogP contribution in [-0.4, -0.2) is 44.4 Å². The molecule has 36 heavy (non-hydrogen) atoms. The van der Waals surface area contributed by atoms with E-state index in [9.17, 15) is 18.8 Å². The van der Waals surface area contributed by atoms with Crippen molar-refractivity contribution in [3.05, 3.63) is 63.1 Å². The lowest BCUT2D eigenvalue weighted by molar-refractivity contribution is -0.123. The number of fused-ring (bicyclic) bond motifs is 1. The van der Waals surface area contributed by atoms with Gasteiger partial charge in [-0.2, -0.15) is 0 Å². The lowest BCUT2D eigenvalue weighted by atomic mass is 10.0. The second-order valence-electron chi connectivity index (χ2n) is 9.08. The Bertz CT molecular complexity index is 1370. The summed E-state index contributed by atoms with van der Waals surface area (Å²) in [7, 11) is 3.18. The summed E-state index contributed by atoms with van der Waals surface area (Å²) in [5.41, 5.74) is 2.71. The van der Waals surface area contributed by atoms with Gasteiger partial charge in [-0.25, -0.2) is 14.4 Å². The number of nitrogens with zero attached hydrogens (tertiary/aromatic N) is 3. The first kappa shape index (κ1) is 25.6. The highest BCUT2D eigenvalue weighted by Gasteiger charge is 2.26. The molecule has 0 saturated heterocycles. The number of carbonyl (C=O) groups excluding carboxylic acids is 2. The Morgan fingerprint density at radius 1 is 1.28 bits per heavy atom. The molecule has 0 spiro atoms. The summed E-state index contributed by atoms with van der Waals surface area (Å²) in [5.74, 6) is -0.525. The monoisotopic (exact) mass is 512 g/mol. The molecule has 0 aliphatic heterocycles. The van der Waals surface area contributed by atoms with Crippen LogP contribution in [0.2, 0.25) is 0 Å². The molecule has 4 rings (SSSR count). The Kier molecular flexibility index (Phi) is 7.58. The highest BCUT2D eigenvalue weighted by atomic mass is 32.2. The SMILES string of the molecule is CNC(=O)[C@@H](NC(=O)c1cnc(-c2ccc(CSc3nc4c(c(=O)[nH]3)CCC4)c(F)c2)n1C)C(C)C. The molecule has 1 aromatic carbocycles. The van der Waals surface area contributed by atoms with Crippen molar-refractivity contribution in [2.75, 3.05) is 7.05 Å². The largest absolute Gasteiger partial charge is 0.357 e. The van der Waals surface area contributed by atoms with Crippen molar-refractivity contribution >= 4 is 23.6 Å². The number of benzene rings is 1. The lowest BCUT2D eigenvalue weighted by Gasteiger charge is -2.20. The number of likely N-dealkylation sites (N-methyl/N-ethyl adjacent to an activating group) is 1. The fraction of sp³-hybridized carbons (Fsp3) is 0.400. The lowest BCUT2D eigenvalue weighted by Crippen LogP contribution is -2.49. The quantitative estimate of drug-likeness (QED) is 0.315. The first-order chi connectivity index (χ1) is 17.2. The Hall–Kier alpha value is -3.47. The summed E-state index contributed by atoms with van der Waals surface area (Å²) in [6, 6.07) is 4.09. The predicted octanol–water partition coefficient (Wildman–Crippen LogP) is 2.59. The molecule has 190 valence electrons. The van der Waals surface area contributed by atoms with E-state index in [0.717, 1.165) is 30.5 Å². The van der Waals surface area contributed by atoms with Gasteiger partial charge < -0.3 is 20.2 Å². The number of hydrogen-bond acceptors (Lipinski definition) is 6. The molecular weight excluding hydrogens is 483 g/mol. The second-order valence-corrected chi connectivity index (χ2v) is 10.0. The molecule has 0 fully saturated rings. The number of H-pyrrole nitrogens is 1.